The number of nitrogens with one attached hydrogen (secondary N) is 1. The molecule has 2 amide bonds. The summed E-state index contributed by atoms with van der Waals surface area (Å²) in [5, 5.41) is 3.35. The number of benzene rings is 2. The number of methoxy groups -OCH3 is 1. The van der Waals surface area contributed by atoms with Crippen LogP contribution in [0.25, 0.3) is 0 Å². The first-order valence-corrected chi connectivity index (χ1v) is 11.0. The topological polar surface area (TPSA) is 90.7 Å². The zero-order valence-electron chi connectivity index (χ0n) is 17.7. The third kappa shape index (κ3) is 6.37. The van der Waals surface area contributed by atoms with Gasteiger partial charge in [-0.05, 0) is 30.0 Å². The minimum Gasteiger partial charge on any atom is -0.493 e. The minimum atomic E-state index is -0.631. The van der Waals surface area contributed by atoms with Crippen LogP contribution in [0, 0.1) is 5.92 Å². The van der Waals surface area contributed by atoms with Gasteiger partial charge in [0.2, 0.25) is 0 Å². The van der Waals surface area contributed by atoms with Crippen LogP contribution in [0.1, 0.15) is 60.5 Å². The fourth-order valence-electron chi connectivity index (χ4n) is 4.10. The molecular formula is C24H29ClN2O4. The van der Waals surface area contributed by atoms with Crippen molar-refractivity contribution in [2.24, 2.45) is 11.7 Å². The maximum atomic E-state index is 13.1. The predicted molar refractivity (Wildman–Crippen MR) is 121 cm³/mol. The quantitative estimate of drug-likeness (QED) is 0.588. The SMILES string of the molecule is COc1cc(C(=O)NC(CC2CCCCC2)c2ccccc2)cc(Cl)c1OCC(N)=O. The molecule has 1 aliphatic rings. The lowest BCUT2D eigenvalue weighted by Gasteiger charge is -2.27. The van der Waals surface area contributed by atoms with E-state index in [0.717, 1.165) is 12.0 Å². The summed E-state index contributed by atoms with van der Waals surface area (Å²) in [6.45, 7) is -0.334. The molecular weight excluding hydrogens is 416 g/mol. The molecule has 1 aliphatic carbocycles. The highest BCUT2D eigenvalue weighted by molar-refractivity contribution is 6.32. The Morgan fingerprint density at radius 1 is 1.16 bits per heavy atom. The number of rotatable bonds is 9. The first-order valence-electron chi connectivity index (χ1n) is 10.6. The van der Waals surface area contributed by atoms with Gasteiger partial charge in [0, 0.05) is 5.56 Å². The van der Waals surface area contributed by atoms with E-state index in [4.69, 9.17) is 26.8 Å². The van der Waals surface area contributed by atoms with E-state index in [2.05, 4.69) is 5.32 Å². The Bertz CT molecular complexity index is 898. The molecule has 2 aromatic rings. The third-order valence-electron chi connectivity index (χ3n) is 5.65. The van der Waals surface area contributed by atoms with Crippen LogP contribution in [0.3, 0.4) is 0 Å². The van der Waals surface area contributed by atoms with Gasteiger partial charge >= 0.3 is 0 Å². The van der Waals surface area contributed by atoms with Gasteiger partial charge in [0.15, 0.2) is 18.1 Å². The molecule has 7 heteroatoms. The van der Waals surface area contributed by atoms with Gasteiger partial charge in [0.25, 0.3) is 11.8 Å². The summed E-state index contributed by atoms with van der Waals surface area (Å²) in [5.74, 6) is 0.172. The molecule has 0 bridgehead atoms. The average molecular weight is 445 g/mol. The predicted octanol–water partition coefficient (Wildman–Crippen LogP) is 4.65. The monoisotopic (exact) mass is 444 g/mol. The van der Waals surface area contributed by atoms with E-state index in [1.54, 1.807) is 6.07 Å². The van der Waals surface area contributed by atoms with Crippen molar-refractivity contribution < 1.29 is 19.1 Å². The largest absolute Gasteiger partial charge is 0.493 e. The highest BCUT2D eigenvalue weighted by Gasteiger charge is 2.23. The number of halogens is 1. The highest BCUT2D eigenvalue weighted by Crippen LogP contribution is 2.37. The number of carbonyl (C=O) groups excluding carboxylic acids is 2. The lowest BCUT2D eigenvalue weighted by Crippen LogP contribution is -2.30. The van der Waals surface area contributed by atoms with E-state index < -0.39 is 5.91 Å². The molecule has 2 aromatic carbocycles. The molecule has 0 heterocycles. The molecule has 0 aliphatic heterocycles. The van der Waals surface area contributed by atoms with Crippen molar-refractivity contribution in [1.82, 2.24) is 5.32 Å². The van der Waals surface area contributed by atoms with Gasteiger partial charge in [-0.25, -0.2) is 0 Å². The van der Waals surface area contributed by atoms with Crippen LogP contribution >= 0.6 is 11.6 Å². The zero-order chi connectivity index (χ0) is 22.2. The Balaban J connectivity index is 1.80. The van der Waals surface area contributed by atoms with Crippen molar-refractivity contribution in [1.29, 1.82) is 0 Å². The summed E-state index contributed by atoms with van der Waals surface area (Å²) in [5.41, 5.74) is 6.58. The smallest absolute Gasteiger partial charge is 0.255 e. The van der Waals surface area contributed by atoms with Crippen molar-refractivity contribution in [2.75, 3.05) is 13.7 Å². The maximum Gasteiger partial charge on any atom is 0.255 e. The normalized spacial score (nSPS) is 15.2. The molecule has 3 rings (SSSR count). The summed E-state index contributed by atoms with van der Waals surface area (Å²) in [4.78, 5) is 24.2. The summed E-state index contributed by atoms with van der Waals surface area (Å²) in [7, 11) is 1.44. The van der Waals surface area contributed by atoms with Gasteiger partial charge in [0.05, 0.1) is 18.2 Å². The number of carbonyl (C=O) groups is 2. The van der Waals surface area contributed by atoms with Gasteiger partial charge in [-0.3, -0.25) is 9.59 Å². The second-order valence-electron chi connectivity index (χ2n) is 7.92. The molecule has 166 valence electrons. The summed E-state index contributed by atoms with van der Waals surface area (Å²) < 4.78 is 10.7. The fraction of sp³-hybridized carbons (Fsp3) is 0.417. The first kappa shape index (κ1) is 22.9. The van der Waals surface area contributed by atoms with E-state index in [0.29, 0.717) is 11.5 Å². The van der Waals surface area contributed by atoms with Crippen LogP contribution in [-0.4, -0.2) is 25.5 Å². The van der Waals surface area contributed by atoms with Gasteiger partial charge in [-0.1, -0.05) is 74.0 Å². The fourth-order valence-corrected chi connectivity index (χ4v) is 4.36. The molecule has 31 heavy (non-hydrogen) atoms. The molecule has 1 atom stereocenters. The van der Waals surface area contributed by atoms with E-state index in [9.17, 15) is 9.59 Å². The summed E-state index contributed by atoms with van der Waals surface area (Å²) >= 11 is 6.31. The summed E-state index contributed by atoms with van der Waals surface area (Å²) in [6.07, 6.45) is 7.09. The second kappa shape index (κ2) is 11.0. The third-order valence-corrected chi connectivity index (χ3v) is 5.93. The molecule has 6 nitrogen and oxygen atoms in total. The van der Waals surface area contributed by atoms with Crippen LogP contribution < -0.4 is 20.5 Å². The van der Waals surface area contributed by atoms with Crippen molar-refractivity contribution in [3.05, 3.63) is 58.6 Å². The molecule has 1 saturated carbocycles. The number of nitrogens with two attached hydrogens (primary N) is 1. The Labute approximate surface area is 188 Å². The van der Waals surface area contributed by atoms with Crippen LogP contribution in [0.2, 0.25) is 5.02 Å². The van der Waals surface area contributed by atoms with Crippen LogP contribution in [0.15, 0.2) is 42.5 Å². The van der Waals surface area contributed by atoms with Gasteiger partial charge < -0.3 is 20.5 Å². The van der Waals surface area contributed by atoms with Crippen molar-refractivity contribution in [3.8, 4) is 11.5 Å². The molecule has 3 N–H and O–H groups in total. The maximum absolute atomic E-state index is 13.1. The van der Waals surface area contributed by atoms with Crippen LogP contribution in [0.4, 0.5) is 0 Å². The van der Waals surface area contributed by atoms with Gasteiger partial charge in [-0.2, -0.15) is 0 Å². The average Bonchev–Trinajstić information content (AvgIpc) is 2.78. The Morgan fingerprint density at radius 3 is 2.52 bits per heavy atom. The van der Waals surface area contributed by atoms with Crippen LogP contribution in [-0.2, 0) is 4.79 Å². The Hall–Kier alpha value is -2.73. The number of primary amides is 1. The van der Waals surface area contributed by atoms with Gasteiger partial charge in [0.1, 0.15) is 0 Å². The number of ether oxygens (including phenoxy) is 2. The molecule has 0 saturated heterocycles. The molecule has 0 radical (unpaired) electrons. The molecule has 1 unspecified atom stereocenters. The Kier molecular flexibility index (Phi) is 8.18. The standard InChI is InChI=1S/C24H29ClN2O4/c1-30-21-14-18(13-19(25)23(21)31-15-22(26)28)24(29)27-20(17-10-6-3-7-11-17)12-16-8-4-2-5-9-16/h3,6-7,10-11,13-14,16,20H,2,4-5,8-9,12,15H2,1H3,(H2,26,28)(H,27,29). The first-order chi connectivity index (χ1) is 15.0. The van der Waals surface area contributed by atoms with Crippen molar-refractivity contribution in [3.63, 3.8) is 0 Å². The molecule has 0 spiro atoms. The van der Waals surface area contributed by atoms with Crippen molar-refractivity contribution >= 4 is 23.4 Å². The second-order valence-corrected chi connectivity index (χ2v) is 8.33. The van der Waals surface area contributed by atoms with E-state index >= 15 is 0 Å². The number of hydrogen-bond acceptors (Lipinski definition) is 4. The van der Waals surface area contributed by atoms with E-state index in [1.165, 1.54) is 45.3 Å². The minimum absolute atomic E-state index is 0.0904. The summed E-state index contributed by atoms with van der Waals surface area (Å²) in [6, 6.07) is 13.0. The number of amides is 2. The van der Waals surface area contributed by atoms with Gasteiger partial charge in [-0.15, -0.1) is 0 Å². The highest BCUT2D eigenvalue weighted by atomic mass is 35.5. The lowest BCUT2D eigenvalue weighted by molar-refractivity contribution is -0.119. The number of hydrogen-bond donors (Lipinski definition) is 2. The van der Waals surface area contributed by atoms with E-state index in [1.807, 2.05) is 30.3 Å². The van der Waals surface area contributed by atoms with E-state index in [-0.39, 0.29) is 35.1 Å². The lowest BCUT2D eigenvalue weighted by atomic mass is 9.83. The van der Waals surface area contributed by atoms with Crippen LogP contribution in [0.5, 0.6) is 11.5 Å². The zero-order valence-corrected chi connectivity index (χ0v) is 18.5. The molecule has 1 fully saturated rings. The van der Waals surface area contributed by atoms with Crippen molar-refractivity contribution in [2.45, 2.75) is 44.6 Å². The molecule has 0 aromatic heterocycles. The Morgan fingerprint density at radius 2 is 1.87 bits per heavy atom.